The summed E-state index contributed by atoms with van der Waals surface area (Å²) in [6.07, 6.45) is 14.0. The van der Waals surface area contributed by atoms with Gasteiger partial charge in [-0.3, -0.25) is 4.90 Å². The summed E-state index contributed by atoms with van der Waals surface area (Å²) in [5, 5.41) is 13.9. The Labute approximate surface area is 332 Å². The normalized spacial score (nSPS) is 41.9. The molecule has 4 saturated carbocycles. The first-order valence-electron chi connectivity index (χ1n) is 22.1. The van der Waals surface area contributed by atoms with Crippen molar-refractivity contribution < 1.29 is 23.1 Å². The van der Waals surface area contributed by atoms with E-state index in [1.165, 1.54) is 69.0 Å². The molecule has 9 heteroatoms. The predicted octanol–water partition coefficient (Wildman–Crippen LogP) is 7.50. The minimum absolute atomic E-state index is 0.00643. The monoisotopic (exact) mass is 778 g/mol. The van der Waals surface area contributed by atoms with E-state index in [2.05, 4.69) is 62.7 Å². The van der Waals surface area contributed by atoms with Crippen molar-refractivity contribution in [3.05, 3.63) is 41.5 Å². The van der Waals surface area contributed by atoms with Gasteiger partial charge >= 0.3 is 5.97 Å². The second-order valence-electron chi connectivity index (χ2n) is 20.8. The molecule has 2 aliphatic heterocycles. The fourth-order valence-corrected chi connectivity index (χ4v) is 16.5. The summed E-state index contributed by atoms with van der Waals surface area (Å²) in [6.45, 7) is 23.9. The summed E-state index contributed by atoms with van der Waals surface area (Å²) in [4.78, 5) is 16.7. The molecule has 0 aromatic heterocycles. The highest BCUT2D eigenvalue weighted by Crippen LogP contribution is 2.76. The Kier molecular flexibility index (Phi) is 10.5. The maximum absolute atomic E-state index is 12.2. The van der Waals surface area contributed by atoms with Crippen LogP contribution < -0.4 is 5.32 Å². The van der Waals surface area contributed by atoms with Gasteiger partial charge in [0.05, 0.1) is 30.3 Å². The van der Waals surface area contributed by atoms with Crippen LogP contribution in [0.1, 0.15) is 115 Å². The predicted molar refractivity (Wildman–Crippen MR) is 221 cm³/mol. The van der Waals surface area contributed by atoms with Gasteiger partial charge < -0.3 is 20.1 Å². The zero-order valence-corrected chi connectivity index (χ0v) is 35.7. The fourth-order valence-electron chi connectivity index (χ4n) is 15.2. The van der Waals surface area contributed by atoms with Crippen LogP contribution in [0.2, 0.25) is 0 Å². The van der Waals surface area contributed by atoms with Crippen molar-refractivity contribution in [3.8, 4) is 0 Å². The van der Waals surface area contributed by atoms with Crippen molar-refractivity contribution in [2.24, 2.45) is 57.2 Å². The molecule has 8 nitrogen and oxygen atoms in total. The number of fused-ring (bicyclic) bond motifs is 7. The minimum atomic E-state index is -2.87. The van der Waals surface area contributed by atoms with Gasteiger partial charge in [-0.15, -0.1) is 0 Å². The first-order chi connectivity index (χ1) is 26.0. The van der Waals surface area contributed by atoms with E-state index in [9.17, 15) is 18.3 Å². The number of ether oxygens (including phenoxy) is 1. The molecule has 2 saturated heterocycles. The molecule has 1 aromatic carbocycles. The summed E-state index contributed by atoms with van der Waals surface area (Å²) in [6, 6.07) is 7.63. The molecule has 55 heavy (non-hydrogen) atoms. The van der Waals surface area contributed by atoms with Gasteiger partial charge in [0.2, 0.25) is 0 Å². The summed E-state index contributed by atoms with van der Waals surface area (Å²) in [5.74, 6) is 3.71. The number of morpholine rings is 1. The first-order valence-corrected chi connectivity index (χ1v) is 23.9. The van der Waals surface area contributed by atoms with Crippen LogP contribution in [0.4, 0.5) is 0 Å². The van der Waals surface area contributed by atoms with Gasteiger partial charge in [0, 0.05) is 51.4 Å². The molecule has 0 radical (unpaired) electrons. The van der Waals surface area contributed by atoms with Crippen LogP contribution in [0.15, 0.2) is 30.3 Å². The van der Waals surface area contributed by atoms with Gasteiger partial charge in [-0.1, -0.05) is 59.8 Å². The molecule has 6 fully saturated rings. The molecule has 0 bridgehead atoms. The number of carboxylic acid groups (broad SMARTS) is 1. The van der Waals surface area contributed by atoms with E-state index in [4.69, 9.17) is 4.74 Å². The summed E-state index contributed by atoms with van der Waals surface area (Å²) in [5.41, 5.74) is 3.89. The Morgan fingerprint density at radius 1 is 0.873 bits per heavy atom. The maximum Gasteiger partial charge on any atom is 0.335 e. The topological polar surface area (TPSA) is 99.2 Å². The molecular weight excluding hydrogens is 707 g/mol. The molecular formula is C46H71N3O5S. The number of carboxylic acids is 1. The highest BCUT2D eigenvalue weighted by molar-refractivity contribution is 7.91. The smallest absolute Gasteiger partial charge is 0.335 e. The number of sulfone groups is 1. The number of allylic oxidation sites excluding steroid dienone is 2. The van der Waals surface area contributed by atoms with Crippen molar-refractivity contribution in [2.75, 3.05) is 70.5 Å². The SMILES string of the molecule is CC(CN1CCOCC1)[C@@H]1CC[C@]2(NCCN3CCS(=O)(=O)CC3)CC[C@]3(C)[C@H](CC[C@@H]4[C@@]5(C)CC=C(c6ccc(C(=O)O)cc6)C(C)(C)[C@@H]5CC[C@]43C)[C@@H]12. The zero-order chi connectivity index (χ0) is 39.0. The highest BCUT2D eigenvalue weighted by atomic mass is 32.2. The molecule has 2 N–H and O–H groups in total. The van der Waals surface area contributed by atoms with Gasteiger partial charge in [0.15, 0.2) is 9.84 Å². The van der Waals surface area contributed by atoms with Crippen molar-refractivity contribution in [1.29, 1.82) is 0 Å². The third-order valence-corrected chi connectivity index (χ3v) is 19.8. The number of rotatable bonds is 9. The molecule has 8 rings (SSSR count). The Hall–Kier alpha value is -1.78. The van der Waals surface area contributed by atoms with Crippen LogP contribution >= 0.6 is 0 Å². The van der Waals surface area contributed by atoms with Crippen molar-refractivity contribution >= 4 is 21.4 Å². The van der Waals surface area contributed by atoms with E-state index in [-0.39, 0.29) is 27.2 Å². The van der Waals surface area contributed by atoms with E-state index in [1.807, 2.05) is 12.1 Å². The molecule has 10 atom stereocenters. The molecule has 1 aromatic rings. The molecule has 7 aliphatic rings. The Bertz CT molecular complexity index is 1730. The van der Waals surface area contributed by atoms with Gasteiger partial charge in [-0.05, 0) is 138 Å². The average molecular weight is 778 g/mol. The number of nitrogens with one attached hydrogen (secondary N) is 1. The van der Waals surface area contributed by atoms with Crippen LogP contribution in [0.3, 0.4) is 0 Å². The third-order valence-electron chi connectivity index (χ3n) is 18.2. The van der Waals surface area contributed by atoms with Crippen molar-refractivity contribution in [1.82, 2.24) is 15.1 Å². The first kappa shape index (κ1) is 40.0. The van der Waals surface area contributed by atoms with Crippen LogP contribution in [-0.2, 0) is 14.6 Å². The van der Waals surface area contributed by atoms with Gasteiger partial charge in [-0.2, -0.15) is 0 Å². The number of hydrogen-bond acceptors (Lipinski definition) is 7. The van der Waals surface area contributed by atoms with E-state index in [1.54, 1.807) is 12.1 Å². The largest absolute Gasteiger partial charge is 0.478 e. The van der Waals surface area contributed by atoms with E-state index in [0.717, 1.165) is 45.8 Å². The van der Waals surface area contributed by atoms with Gasteiger partial charge in [-0.25, -0.2) is 13.2 Å². The summed E-state index contributed by atoms with van der Waals surface area (Å²) >= 11 is 0. The lowest BCUT2D eigenvalue weighted by Crippen LogP contribution is -2.68. The van der Waals surface area contributed by atoms with Gasteiger partial charge in [0.1, 0.15) is 0 Å². The van der Waals surface area contributed by atoms with E-state index in [0.29, 0.717) is 65.7 Å². The lowest BCUT2D eigenvalue weighted by molar-refractivity contribution is -0.221. The van der Waals surface area contributed by atoms with Crippen LogP contribution in [0.5, 0.6) is 0 Å². The van der Waals surface area contributed by atoms with Gasteiger partial charge in [0.25, 0.3) is 0 Å². The number of nitrogens with zero attached hydrogens (tertiary/aromatic N) is 2. The molecule has 306 valence electrons. The Balaban J connectivity index is 1.07. The Morgan fingerprint density at radius 2 is 1.58 bits per heavy atom. The molecule has 0 spiro atoms. The fraction of sp³-hybridized carbons (Fsp3) is 0.804. The number of aromatic carboxylic acids is 1. The van der Waals surface area contributed by atoms with E-state index >= 15 is 0 Å². The number of carbonyl (C=O) groups is 1. The number of benzene rings is 1. The molecule has 0 amide bonds. The van der Waals surface area contributed by atoms with Crippen molar-refractivity contribution in [2.45, 2.75) is 105 Å². The minimum Gasteiger partial charge on any atom is -0.478 e. The zero-order valence-electron chi connectivity index (χ0n) is 34.9. The van der Waals surface area contributed by atoms with E-state index < -0.39 is 15.8 Å². The lowest BCUT2D eigenvalue weighted by atomic mass is 9.33. The molecule has 1 unspecified atom stereocenters. The van der Waals surface area contributed by atoms with Crippen LogP contribution in [0, 0.1) is 57.2 Å². The second-order valence-corrected chi connectivity index (χ2v) is 23.1. The summed E-state index contributed by atoms with van der Waals surface area (Å²) < 4.78 is 30.1. The second kappa shape index (κ2) is 14.5. The Morgan fingerprint density at radius 3 is 2.27 bits per heavy atom. The molecule has 2 heterocycles. The quantitative estimate of drug-likeness (QED) is 0.266. The third kappa shape index (κ3) is 6.70. The lowest BCUT2D eigenvalue weighted by Gasteiger charge is -2.72. The number of hydrogen-bond donors (Lipinski definition) is 2. The van der Waals surface area contributed by atoms with Crippen molar-refractivity contribution in [3.63, 3.8) is 0 Å². The molecule has 5 aliphatic carbocycles. The van der Waals surface area contributed by atoms with Crippen LogP contribution in [0.25, 0.3) is 5.57 Å². The summed E-state index contributed by atoms with van der Waals surface area (Å²) in [7, 11) is -2.87. The van der Waals surface area contributed by atoms with Crippen LogP contribution in [-0.4, -0.2) is 105 Å². The average Bonchev–Trinajstić information content (AvgIpc) is 3.53. The maximum atomic E-state index is 12.2. The highest BCUT2D eigenvalue weighted by Gasteiger charge is 2.70. The standard InChI is InChI=1S/C46H71N3O5S/c1-32(31-49-23-27-54-28-24-49)35-13-18-46(47-21-22-48-25-29-55(52,53)30-26-48)20-19-44(5)37(40(35)46)11-12-39-43(4)16-14-36(33-7-9-34(10-8-33)41(50)51)42(2,3)38(43)15-17-45(39,44)6/h7-10,14,32,35,37-40,47H,11-13,15-31H2,1-6H3,(H,50,51)/t32?,35-,37+,38-,39+,40+,43-,44+,45+,46-/m0/s1.